The lowest BCUT2D eigenvalue weighted by molar-refractivity contribution is -0.114. The Hall–Kier alpha value is -0.870. The third kappa shape index (κ3) is 3.94. The minimum absolute atomic E-state index is 0.0612. The number of benzene rings is 1. The summed E-state index contributed by atoms with van der Waals surface area (Å²) in [5.41, 5.74) is 7.70. The van der Waals surface area contributed by atoms with Gasteiger partial charge in [0, 0.05) is 17.4 Å². The van der Waals surface area contributed by atoms with Crippen LogP contribution in [-0.4, -0.2) is 11.9 Å². The molecule has 0 heterocycles. The summed E-state index contributed by atoms with van der Waals surface area (Å²) in [6, 6.07) is 6.06. The molecule has 0 radical (unpaired) electrons. The van der Waals surface area contributed by atoms with Crippen LogP contribution in [0.4, 0.5) is 5.69 Å². The number of hydrogen-bond donors (Lipinski definition) is 2. The highest BCUT2D eigenvalue weighted by molar-refractivity contribution is 9.10. The summed E-state index contributed by atoms with van der Waals surface area (Å²) in [7, 11) is 0. The van der Waals surface area contributed by atoms with Gasteiger partial charge in [0.1, 0.15) is 0 Å². The van der Waals surface area contributed by atoms with Gasteiger partial charge in [-0.25, -0.2) is 0 Å². The zero-order chi connectivity index (χ0) is 12.1. The van der Waals surface area contributed by atoms with Crippen molar-refractivity contribution in [3.8, 4) is 0 Å². The average molecular weight is 285 g/mol. The van der Waals surface area contributed by atoms with Crippen LogP contribution in [0.5, 0.6) is 0 Å². The van der Waals surface area contributed by atoms with E-state index < -0.39 is 0 Å². The first kappa shape index (κ1) is 13.2. The molecule has 1 atom stereocenters. The molecule has 1 amide bonds. The monoisotopic (exact) mass is 284 g/mol. The van der Waals surface area contributed by atoms with E-state index in [0.29, 0.717) is 0 Å². The van der Waals surface area contributed by atoms with Crippen molar-refractivity contribution in [3.05, 3.63) is 28.2 Å². The SMILES string of the molecule is CC(=O)Nc1c(Br)cccc1CCC(C)N. The predicted octanol–water partition coefficient (Wildman–Crippen LogP) is 2.69. The zero-order valence-electron chi connectivity index (χ0n) is 9.59. The molecule has 0 aliphatic carbocycles. The van der Waals surface area contributed by atoms with Crippen LogP contribution in [0.25, 0.3) is 0 Å². The standard InChI is InChI=1S/C12H17BrN2O/c1-8(14)6-7-10-4-3-5-11(13)12(10)15-9(2)16/h3-5,8H,6-7,14H2,1-2H3,(H,15,16). The highest BCUT2D eigenvalue weighted by Crippen LogP contribution is 2.27. The summed E-state index contributed by atoms with van der Waals surface area (Å²) in [4.78, 5) is 11.1. The molecule has 1 aromatic rings. The Bertz CT molecular complexity index is 377. The molecule has 1 rings (SSSR count). The molecule has 3 N–H and O–H groups in total. The largest absolute Gasteiger partial charge is 0.328 e. The molecule has 0 spiro atoms. The van der Waals surface area contributed by atoms with Crippen LogP contribution in [0.15, 0.2) is 22.7 Å². The quantitative estimate of drug-likeness (QED) is 0.893. The lowest BCUT2D eigenvalue weighted by Crippen LogP contribution is -2.16. The van der Waals surface area contributed by atoms with Crippen LogP contribution in [-0.2, 0) is 11.2 Å². The molecule has 1 aromatic carbocycles. The first-order valence-electron chi connectivity index (χ1n) is 5.31. The van der Waals surface area contributed by atoms with E-state index in [2.05, 4.69) is 21.2 Å². The summed E-state index contributed by atoms with van der Waals surface area (Å²) in [6.07, 6.45) is 1.77. The summed E-state index contributed by atoms with van der Waals surface area (Å²) >= 11 is 3.44. The maximum Gasteiger partial charge on any atom is 0.221 e. The fourth-order valence-corrected chi connectivity index (χ4v) is 1.98. The molecule has 3 nitrogen and oxygen atoms in total. The molecule has 0 fully saturated rings. The second-order valence-corrected chi connectivity index (χ2v) is 4.83. The third-order valence-corrected chi connectivity index (χ3v) is 2.93. The van der Waals surface area contributed by atoms with Crippen molar-refractivity contribution in [1.29, 1.82) is 0 Å². The van der Waals surface area contributed by atoms with Crippen molar-refractivity contribution in [2.45, 2.75) is 32.7 Å². The van der Waals surface area contributed by atoms with Crippen LogP contribution >= 0.6 is 15.9 Å². The number of hydrogen-bond acceptors (Lipinski definition) is 2. The van der Waals surface area contributed by atoms with Crippen molar-refractivity contribution in [3.63, 3.8) is 0 Å². The lowest BCUT2D eigenvalue weighted by atomic mass is 10.0. The fourth-order valence-electron chi connectivity index (χ4n) is 1.48. The molecule has 0 aliphatic rings. The van der Waals surface area contributed by atoms with Crippen molar-refractivity contribution in [1.82, 2.24) is 0 Å². The maximum absolute atomic E-state index is 11.1. The Labute approximate surface area is 105 Å². The molecular weight excluding hydrogens is 268 g/mol. The van der Waals surface area contributed by atoms with Crippen LogP contribution in [0, 0.1) is 0 Å². The van der Waals surface area contributed by atoms with E-state index in [1.54, 1.807) is 0 Å². The Morgan fingerprint density at radius 3 is 2.81 bits per heavy atom. The van der Waals surface area contributed by atoms with Gasteiger partial charge in [-0.15, -0.1) is 0 Å². The van der Waals surface area contributed by atoms with E-state index in [0.717, 1.165) is 28.6 Å². The number of rotatable bonds is 4. The summed E-state index contributed by atoms with van der Waals surface area (Å²) in [5, 5.41) is 2.84. The van der Waals surface area contributed by atoms with E-state index in [1.165, 1.54) is 6.92 Å². The molecule has 0 saturated heterocycles. The van der Waals surface area contributed by atoms with Crippen molar-refractivity contribution >= 4 is 27.5 Å². The van der Waals surface area contributed by atoms with Gasteiger partial charge in [0.25, 0.3) is 0 Å². The van der Waals surface area contributed by atoms with Gasteiger partial charge in [-0.3, -0.25) is 4.79 Å². The predicted molar refractivity (Wildman–Crippen MR) is 70.4 cm³/mol. The Balaban J connectivity index is 2.89. The highest BCUT2D eigenvalue weighted by atomic mass is 79.9. The Kier molecular flexibility index (Phi) is 4.96. The number of amides is 1. The number of carbonyl (C=O) groups is 1. The van der Waals surface area contributed by atoms with Gasteiger partial charge in [-0.2, -0.15) is 0 Å². The van der Waals surface area contributed by atoms with Crippen molar-refractivity contribution in [2.75, 3.05) is 5.32 Å². The van der Waals surface area contributed by atoms with Gasteiger partial charge >= 0.3 is 0 Å². The molecule has 4 heteroatoms. The van der Waals surface area contributed by atoms with E-state index in [1.807, 2.05) is 25.1 Å². The zero-order valence-corrected chi connectivity index (χ0v) is 11.2. The molecule has 0 bridgehead atoms. The maximum atomic E-state index is 11.1. The molecule has 0 saturated carbocycles. The number of nitrogens with one attached hydrogen (secondary N) is 1. The average Bonchev–Trinajstić information content (AvgIpc) is 2.18. The number of halogens is 1. The molecule has 16 heavy (non-hydrogen) atoms. The number of aryl methyl sites for hydroxylation is 1. The van der Waals surface area contributed by atoms with Crippen molar-refractivity contribution in [2.24, 2.45) is 5.73 Å². The smallest absolute Gasteiger partial charge is 0.221 e. The van der Waals surface area contributed by atoms with Crippen LogP contribution in [0.3, 0.4) is 0 Å². The summed E-state index contributed by atoms with van der Waals surface area (Å²) in [5.74, 6) is -0.0612. The molecule has 88 valence electrons. The number of anilines is 1. The minimum Gasteiger partial charge on any atom is -0.328 e. The van der Waals surface area contributed by atoms with Crippen LogP contribution in [0.1, 0.15) is 25.8 Å². The van der Waals surface area contributed by atoms with E-state index in [-0.39, 0.29) is 11.9 Å². The van der Waals surface area contributed by atoms with Crippen LogP contribution in [0.2, 0.25) is 0 Å². The van der Waals surface area contributed by atoms with E-state index >= 15 is 0 Å². The molecule has 0 aromatic heterocycles. The minimum atomic E-state index is -0.0612. The van der Waals surface area contributed by atoms with Crippen molar-refractivity contribution < 1.29 is 4.79 Å². The summed E-state index contributed by atoms with van der Waals surface area (Å²) < 4.78 is 0.907. The second-order valence-electron chi connectivity index (χ2n) is 3.97. The number of nitrogens with two attached hydrogens (primary N) is 1. The number of para-hydroxylation sites is 1. The summed E-state index contributed by atoms with van der Waals surface area (Å²) in [6.45, 7) is 3.49. The normalized spacial score (nSPS) is 12.2. The van der Waals surface area contributed by atoms with E-state index in [4.69, 9.17) is 5.73 Å². The van der Waals surface area contributed by atoms with Gasteiger partial charge in [0.05, 0.1) is 5.69 Å². The van der Waals surface area contributed by atoms with Crippen LogP contribution < -0.4 is 11.1 Å². The topological polar surface area (TPSA) is 55.1 Å². The first-order valence-corrected chi connectivity index (χ1v) is 6.10. The van der Waals surface area contributed by atoms with Gasteiger partial charge in [0.2, 0.25) is 5.91 Å². The molecule has 1 unspecified atom stereocenters. The van der Waals surface area contributed by atoms with Gasteiger partial charge < -0.3 is 11.1 Å². The lowest BCUT2D eigenvalue weighted by Gasteiger charge is -2.13. The first-order chi connectivity index (χ1) is 7.50. The number of carbonyl (C=O) groups excluding carboxylic acids is 1. The Morgan fingerprint density at radius 1 is 1.56 bits per heavy atom. The molecular formula is C12H17BrN2O. The van der Waals surface area contributed by atoms with E-state index in [9.17, 15) is 4.79 Å². The third-order valence-electron chi connectivity index (χ3n) is 2.27. The molecule has 0 aliphatic heterocycles. The second kappa shape index (κ2) is 6.01. The van der Waals surface area contributed by atoms with Gasteiger partial charge in [-0.05, 0) is 47.3 Å². The fraction of sp³-hybridized carbons (Fsp3) is 0.417. The highest BCUT2D eigenvalue weighted by Gasteiger charge is 2.08. The van der Waals surface area contributed by atoms with Gasteiger partial charge in [-0.1, -0.05) is 12.1 Å². The Morgan fingerprint density at radius 2 is 2.25 bits per heavy atom. The van der Waals surface area contributed by atoms with Gasteiger partial charge in [0.15, 0.2) is 0 Å².